The maximum atomic E-state index is 11.3. The molecule has 0 saturated carbocycles. The Balaban J connectivity index is 2.43. The highest BCUT2D eigenvalue weighted by molar-refractivity contribution is 8.18. The average Bonchev–Trinajstić information content (AvgIpc) is 2.52. The number of imide groups is 1. The summed E-state index contributed by atoms with van der Waals surface area (Å²) >= 11 is 1.03. The van der Waals surface area contributed by atoms with Crippen molar-refractivity contribution in [3.63, 3.8) is 0 Å². The first-order chi connectivity index (χ1) is 7.15. The first kappa shape index (κ1) is 12.3. The number of carbonyl (C=O) groups excluding carboxylic acids is 2. The summed E-state index contributed by atoms with van der Waals surface area (Å²) in [7, 11) is 0. The maximum absolute atomic E-state index is 11.3. The summed E-state index contributed by atoms with van der Waals surface area (Å²) in [6.45, 7) is 4.11. The first-order valence-corrected chi connectivity index (χ1v) is 6.19. The maximum Gasteiger partial charge on any atom is 0.290 e. The van der Waals surface area contributed by atoms with Crippen LogP contribution in [0.1, 0.15) is 46.0 Å². The van der Waals surface area contributed by atoms with Gasteiger partial charge in [-0.3, -0.25) is 14.9 Å². The highest BCUT2D eigenvalue weighted by Crippen LogP contribution is 2.28. The number of thioether (sulfide) groups is 1. The second-order valence-corrected chi connectivity index (χ2v) is 4.75. The second kappa shape index (κ2) is 5.95. The molecule has 3 nitrogen and oxygen atoms in total. The highest BCUT2D eigenvalue weighted by atomic mass is 32.2. The van der Waals surface area contributed by atoms with Gasteiger partial charge >= 0.3 is 0 Å². The van der Waals surface area contributed by atoms with Gasteiger partial charge in [-0.2, -0.15) is 0 Å². The zero-order chi connectivity index (χ0) is 11.3. The Labute approximate surface area is 94.7 Å². The number of unbranched alkanes of at least 4 members (excludes halogenated alkanes) is 3. The van der Waals surface area contributed by atoms with Crippen LogP contribution >= 0.6 is 11.8 Å². The summed E-state index contributed by atoms with van der Waals surface area (Å²) in [6, 6.07) is 0. The van der Waals surface area contributed by atoms with Crippen LogP contribution in [0.3, 0.4) is 0 Å². The quantitative estimate of drug-likeness (QED) is 0.579. The van der Waals surface area contributed by atoms with Gasteiger partial charge < -0.3 is 0 Å². The summed E-state index contributed by atoms with van der Waals surface area (Å²) in [5, 5.41) is 2.03. The predicted molar refractivity (Wildman–Crippen MR) is 62.6 cm³/mol. The normalized spacial score (nSPS) is 19.3. The fraction of sp³-hybridized carbons (Fsp3) is 0.636. The molecule has 1 aliphatic heterocycles. The minimum Gasteiger partial charge on any atom is -0.282 e. The van der Waals surface area contributed by atoms with Crippen LogP contribution in [0.25, 0.3) is 0 Å². The minimum absolute atomic E-state index is 0.224. The van der Waals surface area contributed by atoms with Gasteiger partial charge in [0.2, 0.25) is 0 Å². The van der Waals surface area contributed by atoms with E-state index in [1.807, 2.05) is 6.92 Å². The molecule has 1 rings (SSSR count). The van der Waals surface area contributed by atoms with Gasteiger partial charge in [-0.25, -0.2) is 0 Å². The molecule has 0 atom stereocenters. The number of carbonyl (C=O) groups is 2. The van der Waals surface area contributed by atoms with Gasteiger partial charge in [-0.15, -0.1) is 0 Å². The number of amides is 2. The van der Waals surface area contributed by atoms with Gasteiger partial charge in [0.25, 0.3) is 11.1 Å². The third-order valence-electron chi connectivity index (χ3n) is 2.41. The molecule has 2 amide bonds. The molecule has 0 bridgehead atoms. The molecule has 1 N–H and O–H groups in total. The monoisotopic (exact) mass is 227 g/mol. The molecule has 0 aromatic rings. The third kappa shape index (κ3) is 3.70. The number of allylic oxidation sites excluding steroid dienone is 1. The minimum atomic E-state index is -0.247. The molecule has 1 heterocycles. The summed E-state index contributed by atoms with van der Waals surface area (Å²) in [5.74, 6) is -0.224. The smallest absolute Gasteiger partial charge is 0.282 e. The van der Waals surface area contributed by atoms with E-state index < -0.39 is 0 Å². The van der Waals surface area contributed by atoms with Gasteiger partial charge in [-0.05, 0) is 31.5 Å². The Kier molecular flexibility index (Phi) is 4.88. The lowest BCUT2D eigenvalue weighted by molar-refractivity contribution is -0.115. The van der Waals surface area contributed by atoms with Crippen LogP contribution in [-0.4, -0.2) is 11.1 Å². The SMILES string of the molecule is CCCCCCC(C)=C1SC(=O)NC1=O. The molecule has 0 aromatic heterocycles. The third-order valence-corrected chi connectivity index (χ3v) is 3.43. The molecule has 0 unspecified atom stereocenters. The van der Waals surface area contributed by atoms with Crippen molar-refractivity contribution in [3.05, 3.63) is 10.5 Å². The van der Waals surface area contributed by atoms with Gasteiger partial charge in [0.05, 0.1) is 4.91 Å². The summed E-state index contributed by atoms with van der Waals surface area (Å²) in [6.07, 6.45) is 5.67. The van der Waals surface area contributed by atoms with Crippen LogP contribution in [0.4, 0.5) is 4.79 Å². The van der Waals surface area contributed by atoms with Crippen molar-refractivity contribution in [2.75, 3.05) is 0 Å². The molecule has 0 aromatic carbocycles. The van der Waals surface area contributed by atoms with Crippen molar-refractivity contribution in [1.29, 1.82) is 0 Å². The lowest BCUT2D eigenvalue weighted by atomic mass is 10.1. The van der Waals surface area contributed by atoms with Crippen LogP contribution in [-0.2, 0) is 4.79 Å². The Morgan fingerprint density at radius 2 is 2.00 bits per heavy atom. The number of rotatable bonds is 5. The molecule has 84 valence electrons. The van der Waals surface area contributed by atoms with Crippen molar-refractivity contribution in [1.82, 2.24) is 5.32 Å². The molecule has 4 heteroatoms. The Morgan fingerprint density at radius 1 is 1.27 bits per heavy atom. The Hall–Kier alpha value is -0.770. The Bertz CT molecular complexity index is 297. The topological polar surface area (TPSA) is 46.2 Å². The molecule has 1 fully saturated rings. The van der Waals surface area contributed by atoms with E-state index >= 15 is 0 Å². The molecule has 1 saturated heterocycles. The summed E-state index contributed by atoms with van der Waals surface area (Å²) < 4.78 is 0. The lowest BCUT2D eigenvalue weighted by Crippen LogP contribution is -2.18. The second-order valence-electron chi connectivity index (χ2n) is 3.76. The standard InChI is InChI=1S/C11H17NO2S/c1-3-4-5-6-7-8(2)9-10(13)12-11(14)15-9/h3-7H2,1-2H3,(H,12,13,14). The molecular weight excluding hydrogens is 210 g/mol. The molecule has 1 aliphatic rings. The van der Waals surface area contributed by atoms with Crippen LogP contribution in [0.15, 0.2) is 10.5 Å². The van der Waals surface area contributed by atoms with Gasteiger partial charge in [0.15, 0.2) is 0 Å². The molecule has 15 heavy (non-hydrogen) atoms. The van der Waals surface area contributed by atoms with Gasteiger partial charge in [0.1, 0.15) is 0 Å². The number of hydrogen-bond donors (Lipinski definition) is 1. The predicted octanol–water partition coefficient (Wildman–Crippen LogP) is 3.21. The molecular formula is C11H17NO2S. The van der Waals surface area contributed by atoms with E-state index in [2.05, 4.69) is 12.2 Å². The van der Waals surface area contributed by atoms with Crippen LogP contribution in [0.2, 0.25) is 0 Å². The zero-order valence-electron chi connectivity index (χ0n) is 9.26. The summed E-state index contributed by atoms with van der Waals surface area (Å²) in [5.41, 5.74) is 1.04. The van der Waals surface area contributed by atoms with E-state index in [1.165, 1.54) is 19.3 Å². The lowest BCUT2D eigenvalue weighted by Gasteiger charge is -2.02. The average molecular weight is 227 g/mol. The van der Waals surface area contributed by atoms with Crippen molar-refractivity contribution in [2.45, 2.75) is 46.0 Å². The van der Waals surface area contributed by atoms with E-state index in [9.17, 15) is 9.59 Å². The van der Waals surface area contributed by atoms with Crippen LogP contribution in [0.5, 0.6) is 0 Å². The van der Waals surface area contributed by atoms with E-state index in [1.54, 1.807) is 0 Å². The van der Waals surface area contributed by atoms with Crippen LogP contribution in [0, 0.1) is 0 Å². The molecule has 0 spiro atoms. The van der Waals surface area contributed by atoms with Crippen molar-refractivity contribution in [2.24, 2.45) is 0 Å². The zero-order valence-corrected chi connectivity index (χ0v) is 10.1. The van der Waals surface area contributed by atoms with E-state index in [0.29, 0.717) is 4.91 Å². The van der Waals surface area contributed by atoms with Crippen LogP contribution < -0.4 is 5.32 Å². The largest absolute Gasteiger partial charge is 0.290 e. The van der Waals surface area contributed by atoms with E-state index in [0.717, 1.165) is 30.2 Å². The molecule has 0 radical (unpaired) electrons. The van der Waals surface area contributed by atoms with E-state index in [4.69, 9.17) is 0 Å². The fourth-order valence-electron chi connectivity index (χ4n) is 1.53. The van der Waals surface area contributed by atoms with Crippen molar-refractivity contribution >= 4 is 22.9 Å². The van der Waals surface area contributed by atoms with Crippen molar-refractivity contribution in [3.8, 4) is 0 Å². The summed E-state index contributed by atoms with van der Waals surface area (Å²) in [4.78, 5) is 22.9. The van der Waals surface area contributed by atoms with Crippen molar-refractivity contribution < 1.29 is 9.59 Å². The number of hydrogen-bond acceptors (Lipinski definition) is 3. The Morgan fingerprint density at radius 3 is 2.53 bits per heavy atom. The highest BCUT2D eigenvalue weighted by Gasteiger charge is 2.26. The number of nitrogens with one attached hydrogen (secondary N) is 1. The molecule has 0 aliphatic carbocycles. The first-order valence-electron chi connectivity index (χ1n) is 5.38. The van der Waals surface area contributed by atoms with Gasteiger partial charge in [0, 0.05) is 0 Å². The fourth-order valence-corrected chi connectivity index (χ4v) is 2.27. The van der Waals surface area contributed by atoms with Gasteiger partial charge in [-0.1, -0.05) is 31.8 Å². The van der Waals surface area contributed by atoms with E-state index in [-0.39, 0.29) is 11.1 Å².